The van der Waals surface area contributed by atoms with Gasteiger partial charge < -0.3 is 0 Å². The van der Waals surface area contributed by atoms with E-state index < -0.39 is 11.6 Å². The fraction of sp³-hybridized carbons (Fsp3) is 0.308. The van der Waals surface area contributed by atoms with Gasteiger partial charge in [-0.2, -0.15) is 0 Å². The Kier molecular flexibility index (Phi) is 4.24. The van der Waals surface area contributed by atoms with E-state index in [1.54, 1.807) is 11.3 Å². The van der Waals surface area contributed by atoms with E-state index in [1.807, 2.05) is 13.8 Å². The van der Waals surface area contributed by atoms with Gasteiger partial charge in [0.25, 0.3) is 0 Å². The molecule has 1 unspecified atom stereocenters. The largest absolute Gasteiger partial charge is 0.271 e. The first kappa shape index (κ1) is 14.0. The molecule has 0 saturated carbocycles. The van der Waals surface area contributed by atoms with E-state index in [4.69, 9.17) is 5.84 Å². The monoisotopic (exact) mass is 283 g/mol. The summed E-state index contributed by atoms with van der Waals surface area (Å²) in [4.78, 5) is 5.54. The van der Waals surface area contributed by atoms with Gasteiger partial charge in [0.2, 0.25) is 0 Å². The van der Waals surface area contributed by atoms with Crippen molar-refractivity contribution in [1.29, 1.82) is 0 Å². The molecule has 3 nitrogen and oxygen atoms in total. The third-order valence-electron chi connectivity index (χ3n) is 2.94. The van der Waals surface area contributed by atoms with Crippen molar-refractivity contribution in [3.05, 3.63) is 51.0 Å². The summed E-state index contributed by atoms with van der Waals surface area (Å²) in [5, 5.41) is 0.891. The molecule has 1 aromatic heterocycles. The first-order chi connectivity index (χ1) is 8.99. The van der Waals surface area contributed by atoms with Crippen LogP contribution in [0.5, 0.6) is 0 Å². The fourth-order valence-electron chi connectivity index (χ4n) is 1.85. The molecule has 6 heteroatoms. The number of nitrogens with one attached hydrogen (secondary N) is 1. The van der Waals surface area contributed by atoms with Crippen molar-refractivity contribution in [1.82, 2.24) is 10.4 Å². The van der Waals surface area contributed by atoms with E-state index in [9.17, 15) is 8.78 Å². The Morgan fingerprint density at radius 2 is 1.89 bits per heavy atom. The molecule has 19 heavy (non-hydrogen) atoms. The minimum atomic E-state index is -0.609. The van der Waals surface area contributed by atoms with Crippen LogP contribution < -0.4 is 11.3 Å². The summed E-state index contributed by atoms with van der Waals surface area (Å²) in [6.07, 6.45) is 0.499. The van der Waals surface area contributed by atoms with Crippen molar-refractivity contribution >= 4 is 11.3 Å². The molecule has 1 heterocycles. The lowest BCUT2D eigenvalue weighted by Gasteiger charge is -2.15. The number of rotatable bonds is 4. The summed E-state index contributed by atoms with van der Waals surface area (Å²) in [5.74, 6) is 4.26. The van der Waals surface area contributed by atoms with Crippen LogP contribution in [0, 0.1) is 25.5 Å². The van der Waals surface area contributed by atoms with Crippen molar-refractivity contribution in [2.75, 3.05) is 0 Å². The number of hydrazine groups is 1. The molecular formula is C13H15F2N3S. The Morgan fingerprint density at radius 1 is 1.26 bits per heavy atom. The summed E-state index contributed by atoms with van der Waals surface area (Å²) >= 11 is 1.57. The highest BCUT2D eigenvalue weighted by molar-refractivity contribution is 7.11. The zero-order valence-electron chi connectivity index (χ0n) is 10.7. The van der Waals surface area contributed by atoms with Gasteiger partial charge in [-0.25, -0.2) is 13.8 Å². The molecule has 0 amide bonds. The number of aryl methyl sites for hydroxylation is 2. The predicted octanol–water partition coefficient (Wildman–Crippen LogP) is 2.79. The van der Waals surface area contributed by atoms with E-state index in [-0.39, 0.29) is 6.04 Å². The van der Waals surface area contributed by atoms with E-state index >= 15 is 0 Å². The van der Waals surface area contributed by atoms with E-state index in [1.165, 1.54) is 12.1 Å². The minimum Gasteiger partial charge on any atom is -0.271 e. The molecule has 2 aromatic rings. The van der Waals surface area contributed by atoms with Gasteiger partial charge in [0, 0.05) is 17.4 Å². The minimum absolute atomic E-state index is 0.366. The van der Waals surface area contributed by atoms with Crippen LogP contribution >= 0.6 is 11.3 Å². The molecule has 0 aliphatic rings. The lowest BCUT2D eigenvalue weighted by atomic mass is 10.0. The predicted molar refractivity (Wildman–Crippen MR) is 71.7 cm³/mol. The number of hydrogen-bond donors (Lipinski definition) is 2. The Balaban J connectivity index is 2.24. The van der Waals surface area contributed by atoms with Crippen LogP contribution in [0.4, 0.5) is 8.78 Å². The molecule has 3 N–H and O–H groups in total. The number of aromatic nitrogens is 1. The lowest BCUT2D eigenvalue weighted by Crippen LogP contribution is -2.29. The second-order valence-corrected chi connectivity index (χ2v) is 5.66. The first-order valence-corrected chi connectivity index (χ1v) is 6.66. The number of halogens is 2. The molecule has 1 aromatic carbocycles. The van der Waals surface area contributed by atoms with Crippen LogP contribution in [0.3, 0.4) is 0 Å². The molecule has 0 saturated heterocycles. The van der Waals surface area contributed by atoms with E-state index in [0.29, 0.717) is 12.0 Å². The van der Waals surface area contributed by atoms with Gasteiger partial charge in [-0.3, -0.25) is 11.3 Å². The van der Waals surface area contributed by atoms with Gasteiger partial charge in [0.05, 0.1) is 16.7 Å². The first-order valence-electron chi connectivity index (χ1n) is 5.84. The number of nitrogens with zero attached hydrogens (tertiary/aromatic N) is 1. The number of nitrogens with two attached hydrogens (primary N) is 1. The summed E-state index contributed by atoms with van der Waals surface area (Å²) in [7, 11) is 0. The van der Waals surface area contributed by atoms with Gasteiger partial charge >= 0.3 is 0 Å². The Hall–Kier alpha value is -1.37. The second kappa shape index (κ2) is 5.73. The number of benzene rings is 1. The summed E-state index contributed by atoms with van der Waals surface area (Å²) in [6.45, 7) is 3.92. The number of thiazole rings is 1. The maximum Gasteiger partial charge on any atom is 0.126 e. The topological polar surface area (TPSA) is 50.9 Å². The van der Waals surface area contributed by atoms with Gasteiger partial charge in [-0.1, -0.05) is 0 Å². The highest BCUT2D eigenvalue weighted by Gasteiger charge is 2.15. The Bertz CT molecular complexity index is 544. The third kappa shape index (κ3) is 3.34. The highest BCUT2D eigenvalue weighted by Crippen LogP contribution is 2.24. The van der Waals surface area contributed by atoms with Crippen LogP contribution in [0.2, 0.25) is 0 Å². The number of hydrogen-bond acceptors (Lipinski definition) is 4. The van der Waals surface area contributed by atoms with E-state index in [0.717, 1.165) is 21.6 Å². The summed E-state index contributed by atoms with van der Waals surface area (Å²) in [5.41, 5.74) is 4.03. The average molecular weight is 283 g/mol. The van der Waals surface area contributed by atoms with Gasteiger partial charge in [0.15, 0.2) is 0 Å². The summed E-state index contributed by atoms with van der Waals surface area (Å²) in [6, 6.07) is 3.03. The van der Waals surface area contributed by atoms with Crippen molar-refractivity contribution < 1.29 is 8.78 Å². The quantitative estimate of drug-likeness (QED) is 0.670. The molecule has 102 valence electrons. The van der Waals surface area contributed by atoms with Crippen LogP contribution in [0.1, 0.15) is 27.2 Å². The molecule has 2 rings (SSSR count). The Morgan fingerprint density at radius 3 is 2.37 bits per heavy atom. The van der Waals surface area contributed by atoms with Gasteiger partial charge in [-0.05, 0) is 31.5 Å². The fourth-order valence-corrected chi connectivity index (χ4v) is 2.83. The van der Waals surface area contributed by atoms with Crippen molar-refractivity contribution in [3.63, 3.8) is 0 Å². The average Bonchev–Trinajstić information content (AvgIpc) is 2.64. The molecule has 0 spiro atoms. The van der Waals surface area contributed by atoms with Crippen LogP contribution in [-0.2, 0) is 6.42 Å². The van der Waals surface area contributed by atoms with Crippen molar-refractivity contribution in [3.8, 4) is 0 Å². The molecule has 0 fully saturated rings. The van der Waals surface area contributed by atoms with E-state index in [2.05, 4.69) is 10.4 Å². The maximum absolute atomic E-state index is 13.2. The van der Waals surface area contributed by atoms with Gasteiger partial charge in [0.1, 0.15) is 11.6 Å². The maximum atomic E-state index is 13.2. The molecule has 0 aliphatic heterocycles. The second-order valence-electron chi connectivity index (χ2n) is 4.38. The standard InChI is InChI=1S/C13H15F2N3S/c1-7-8(2)19-13(17-7)6-12(18-16)9-3-10(14)5-11(15)4-9/h3-5,12,18H,6,16H2,1-2H3. The van der Waals surface area contributed by atoms with Crippen LogP contribution in [0.25, 0.3) is 0 Å². The molecule has 0 aliphatic carbocycles. The summed E-state index contributed by atoms with van der Waals surface area (Å²) < 4.78 is 26.4. The Labute approximate surface area is 114 Å². The SMILES string of the molecule is Cc1nc(CC(NN)c2cc(F)cc(F)c2)sc1C. The zero-order valence-corrected chi connectivity index (χ0v) is 11.5. The molecule has 0 bridgehead atoms. The van der Waals surface area contributed by atoms with Crippen LogP contribution in [-0.4, -0.2) is 4.98 Å². The third-order valence-corrected chi connectivity index (χ3v) is 4.04. The molecular weight excluding hydrogens is 268 g/mol. The normalized spacial score (nSPS) is 12.7. The smallest absolute Gasteiger partial charge is 0.126 e. The van der Waals surface area contributed by atoms with Crippen molar-refractivity contribution in [2.24, 2.45) is 5.84 Å². The highest BCUT2D eigenvalue weighted by atomic mass is 32.1. The molecule has 1 atom stereocenters. The molecule has 0 radical (unpaired) electrons. The van der Waals surface area contributed by atoms with Crippen LogP contribution in [0.15, 0.2) is 18.2 Å². The zero-order chi connectivity index (χ0) is 14.0. The van der Waals surface area contributed by atoms with Gasteiger partial charge in [-0.15, -0.1) is 11.3 Å². The van der Waals surface area contributed by atoms with Crippen molar-refractivity contribution in [2.45, 2.75) is 26.3 Å². The lowest BCUT2D eigenvalue weighted by molar-refractivity contribution is 0.529.